The van der Waals surface area contributed by atoms with Crippen molar-refractivity contribution in [2.24, 2.45) is 5.92 Å². The molecule has 3 heterocycles. The van der Waals surface area contributed by atoms with Crippen molar-refractivity contribution in [3.8, 4) is 16.9 Å². The fraction of sp³-hybridized carbons (Fsp3) is 0.419. The first-order chi connectivity index (χ1) is 20.1. The van der Waals surface area contributed by atoms with Crippen LogP contribution in [0.2, 0.25) is 0 Å². The normalized spacial score (nSPS) is 14.4. The molecule has 1 aliphatic rings. The molecule has 4 aromatic rings. The summed E-state index contributed by atoms with van der Waals surface area (Å²) in [7, 11) is 3.61. The number of carbonyl (C=O) groups excluding carboxylic acids is 1. The summed E-state index contributed by atoms with van der Waals surface area (Å²) in [6.45, 7) is 4.76. The first-order valence-electron chi connectivity index (χ1n) is 14.1. The molecule has 1 saturated carbocycles. The van der Waals surface area contributed by atoms with Crippen LogP contribution in [0.4, 0.5) is 13.2 Å². The third kappa shape index (κ3) is 6.25. The number of likely N-dealkylation sites (N-methyl/N-ethyl adjacent to an activating group) is 1. The van der Waals surface area contributed by atoms with E-state index in [2.05, 4.69) is 20.0 Å². The Kier molecular flexibility index (Phi) is 8.49. The Labute approximate surface area is 243 Å². The van der Waals surface area contributed by atoms with E-state index in [0.29, 0.717) is 47.7 Å². The summed E-state index contributed by atoms with van der Waals surface area (Å²) in [5.41, 5.74) is 1.93. The molecule has 1 aliphatic carbocycles. The Hall–Kier alpha value is -3.99. The van der Waals surface area contributed by atoms with Gasteiger partial charge in [-0.2, -0.15) is 18.3 Å². The Morgan fingerprint density at radius 1 is 1.17 bits per heavy atom. The van der Waals surface area contributed by atoms with Gasteiger partial charge < -0.3 is 9.30 Å². The van der Waals surface area contributed by atoms with Crippen LogP contribution in [-0.4, -0.2) is 56.2 Å². The summed E-state index contributed by atoms with van der Waals surface area (Å²) < 4.78 is 51.3. The Balaban J connectivity index is 1.55. The number of benzene rings is 1. The second kappa shape index (κ2) is 12.1. The predicted molar refractivity (Wildman–Crippen MR) is 152 cm³/mol. The van der Waals surface area contributed by atoms with Gasteiger partial charge in [0.05, 0.1) is 18.8 Å². The van der Waals surface area contributed by atoms with Gasteiger partial charge in [0.1, 0.15) is 17.9 Å². The van der Waals surface area contributed by atoms with E-state index in [9.17, 15) is 18.0 Å². The Bertz CT molecular complexity index is 1560. The van der Waals surface area contributed by atoms with Crippen LogP contribution in [0.1, 0.15) is 64.5 Å². The SMILES string of the molecule is CCn1cc(-c2cc(Cn3ccnc3C)cc(C=O)c2CCN(C)C(c2cc(OC)ccn2)C2CC2)c(C(F)(F)F)n1. The molecule has 222 valence electrons. The number of pyridine rings is 1. The number of imidazole rings is 1. The van der Waals surface area contributed by atoms with Gasteiger partial charge in [-0.1, -0.05) is 0 Å². The number of carbonyl (C=O) groups is 1. The molecule has 0 bridgehead atoms. The number of methoxy groups -OCH3 is 1. The number of hydrogen-bond donors (Lipinski definition) is 0. The minimum Gasteiger partial charge on any atom is -0.497 e. The van der Waals surface area contributed by atoms with Gasteiger partial charge in [-0.05, 0) is 81.0 Å². The lowest BCUT2D eigenvalue weighted by Gasteiger charge is -2.28. The summed E-state index contributed by atoms with van der Waals surface area (Å²) >= 11 is 0. The molecule has 0 amide bonds. The van der Waals surface area contributed by atoms with E-state index in [0.717, 1.165) is 36.4 Å². The lowest BCUT2D eigenvalue weighted by molar-refractivity contribution is -0.141. The summed E-state index contributed by atoms with van der Waals surface area (Å²) in [4.78, 5) is 23.5. The first-order valence-corrected chi connectivity index (χ1v) is 14.1. The largest absolute Gasteiger partial charge is 0.497 e. The van der Waals surface area contributed by atoms with Crippen molar-refractivity contribution >= 4 is 6.29 Å². The Morgan fingerprint density at radius 3 is 2.57 bits per heavy atom. The van der Waals surface area contributed by atoms with Gasteiger partial charge in [0.25, 0.3) is 0 Å². The third-order valence-corrected chi connectivity index (χ3v) is 7.94. The zero-order valence-corrected chi connectivity index (χ0v) is 24.2. The third-order valence-electron chi connectivity index (χ3n) is 7.94. The van der Waals surface area contributed by atoms with Crippen molar-refractivity contribution in [1.29, 1.82) is 0 Å². The Morgan fingerprint density at radius 2 is 1.95 bits per heavy atom. The lowest BCUT2D eigenvalue weighted by Crippen LogP contribution is -2.29. The van der Waals surface area contributed by atoms with Crippen LogP contribution >= 0.6 is 0 Å². The van der Waals surface area contributed by atoms with E-state index in [1.807, 2.05) is 24.6 Å². The van der Waals surface area contributed by atoms with Crippen LogP contribution in [0.3, 0.4) is 0 Å². The average molecular weight is 581 g/mol. The monoisotopic (exact) mass is 580 g/mol. The maximum Gasteiger partial charge on any atom is 0.435 e. The van der Waals surface area contributed by atoms with Crippen molar-refractivity contribution in [3.63, 3.8) is 0 Å². The summed E-state index contributed by atoms with van der Waals surface area (Å²) in [5.74, 6) is 1.92. The minimum absolute atomic E-state index is 0.0255. The van der Waals surface area contributed by atoms with Crippen LogP contribution in [-0.2, 0) is 25.7 Å². The van der Waals surface area contributed by atoms with Crippen LogP contribution in [0, 0.1) is 12.8 Å². The molecule has 3 aromatic heterocycles. The average Bonchev–Trinajstić information content (AvgIpc) is 3.55. The highest BCUT2D eigenvalue weighted by Gasteiger charge is 2.39. The standard InChI is InChI=1S/C31H35F3N6O2/c1-5-40-18-27(30(37-40)31(32,33)34)26-15-21(17-39-13-11-35-20(39)2)14-23(19-41)25(26)9-12-38(3)29(22-6-7-22)28-16-24(42-4)8-10-36-28/h8,10-11,13-16,18-19,22,29H,5-7,9,12,17H2,1-4H3. The number of rotatable bonds is 12. The highest BCUT2D eigenvalue weighted by Crippen LogP contribution is 2.44. The molecule has 1 atom stereocenters. The van der Waals surface area contributed by atoms with Crippen LogP contribution in [0.5, 0.6) is 5.75 Å². The summed E-state index contributed by atoms with van der Waals surface area (Å²) in [5, 5.41) is 3.86. The van der Waals surface area contributed by atoms with E-state index < -0.39 is 11.9 Å². The number of nitrogens with zero attached hydrogens (tertiary/aromatic N) is 6. The topological polar surface area (TPSA) is 78.1 Å². The molecule has 1 aromatic carbocycles. The minimum atomic E-state index is -4.66. The number of aromatic nitrogens is 5. The fourth-order valence-corrected chi connectivity index (χ4v) is 5.61. The maximum atomic E-state index is 14.2. The zero-order chi connectivity index (χ0) is 30.0. The molecule has 0 spiro atoms. The van der Waals surface area contributed by atoms with E-state index in [1.54, 1.807) is 50.8 Å². The van der Waals surface area contributed by atoms with Gasteiger partial charge in [0, 0.05) is 61.6 Å². The number of alkyl halides is 3. The lowest BCUT2D eigenvalue weighted by atomic mass is 9.91. The highest BCUT2D eigenvalue weighted by atomic mass is 19.4. The molecule has 11 heteroatoms. The van der Waals surface area contributed by atoms with Crippen molar-refractivity contribution in [2.75, 3.05) is 20.7 Å². The second-order valence-electron chi connectivity index (χ2n) is 10.8. The van der Waals surface area contributed by atoms with Crippen molar-refractivity contribution < 1.29 is 22.7 Å². The quantitative estimate of drug-likeness (QED) is 0.192. The summed E-state index contributed by atoms with van der Waals surface area (Å²) in [6.07, 6.45) is 5.23. The molecular formula is C31H35F3N6O2. The molecular weight excluding hydrogens is 545 g/mol. The zero-order valence-electron chi connectivity index (χ0n) is 24.2. The van der Waals surface area contributed by atoms with Gasteiger partial charge in [-0.3, -0.25) is 19.4 Å². The molecule has 0 aliphatic heterocycles. The number of hydrogen-bond acceptors (Lipinski definition) is 6. The number of aryl methyl sites for hydroxylation is 2. The molecule has 0 saturated heterocycles. The molecule has 1 unspecified atom stereocenters. The second-order valence-corrected chi connectivity index (χ2v) is 10.8. The summed E-state index contributed by atoms with van der Waals surface area (Å²) in [6, 6.07) is 7.29. The van der Waals surface area contributed by atoms with Crippen molar-refractivity contribution in [3.05, 3.63) is 83.0 Å². The van der Waals surface area contributed by atoms with Crippen LogP contribution < -0.4 is 4.74 Å². The molecule has 42 heavy (non-hydrogen) atoms. The number of ether oxygens (including phenoxy) is 1. The smallest absolute Gasteiger partial charge is 0.435 e. The number of aldehydes is 1. The van der Waals surface area contributed by atoms with Gasteiger partial charge >= 0.3 is 6.18 Å². The van der Waals surface area contributed by atoms with E-state index in [4.69, 9.17) is 4.74 Å². The first kappa shape index (κ1) is 29.5. The molecule has 0 radical (unpaired) electrons. The van der Waals surface area contributed by atoms with Gasteiger partial charge in [0.15, 0.2) is 5.69 Å². The van der Waals surface area contributed by atoms with Gasteiger partial charge in [0.2, 0.25) is 0 Å². The fourth-order valence-electron chi connectivity index (χ4n) is 5.61. The van der Waals surface area contributed by atoms with Crippen LogP contribution in [0.25, 0.3) is 11.1 Å². The number of halogens is 3. The van der Waals surface area contributed by atoms with E-state index in [-0.39, 0.29) is 18.2 Å². The molecule has 1 fully saturated rings. The molecule has 8 nitrogen and oxygen atoms in total. The van der Waals surface area contributed by atoms with Gasteiger partial charge in [-0.15, -0.1) is 0 Å². The van der Waals surface area contributed by atoms with Crippen molar-refractivity contribution in [1.82, 2.24) is 29.2 Å². The predicted octanol–water partition coefficient (Wildman–Crippen LogP) is 5.98. The maximum absolute atomic E-state index is 14.2. The van der Waals surface area contributed by atoms with E-state index in [1.165, 1.54) is 10.9 Å². The van der Waals surface area contributed by atoms with Gasteiger partial charge in [-0.25, -0.2) is 4.98 Å². The van der Waals surface area contributed by atoms with Crippen LogP contribution in [0.15, 0.2) is 49.1 Å². The van der Waals surface area contributed by atoms with E-state index >= 15 is 0 Å². The molecule has 5 rings (SSSR count). The highest BCUT2D eigenvalue weighted by molar-refractivity contribution is 5.84. The molecule has 0 N–H and O–H groups in total. The van der Waals surface area contributed by atoms with Crippen molar-refractivity contribution in [2.45, 2.75) is 58.4 Å².